The maximum atomic E-state index is 13.7. The van der Waals surface area contributed by atoms with Crippen LogP contribution in [-0.2, 0) is 0 Å². The van der Waals surface area contributed by atoms with Gasteiger partial charge >= 0.3 is 6.18 Å². The summed E-state index contributed by atoms with van der Waals surface area (Å²) in [4.78, 5) is 13.5. The highest BCUT2D eigenvalue weighted by molar-refractivity contribution is 7.10. The van der Waals surface area contributed by atoms with E-state index < -0.39 is 24.2 Å². The summed E-state index contributed by atoms with van der Waals surface area (Å²) in [5, 5.41) is 21.1. The normalized spacial score (nSPS) is 18.8. The molecule has 0 unspecified atom stereocenters. The number of nitrogens with one attached hydrogen (secondary N) is 2. The zero-order valence-electron chi connectivity index (χ0n) is 15.2. The first kappa shape index (κ1) is 19.3. The summed E-state index contributed by atoms with van der Waals surface area (Å²) in [5.41, 5.74) is 0.956. The van der Waals surface area contributed by atoms with Crippen molar-refractivity contribution in [2.75, 3.05) is 10.6 Å². The first-order valence-electron chi connectivity index (χ1n) is 8.79. The molecule has 6 nitrogen and oxygen atoms in total. The van der Waals surface area contributed by atoms with Gasteiger partial charge in [0.05, 0.1) is 17.9 Å². The lowest BCUT2D eigenvalue weighted by Gasteiger charge is -2.33. The molecule has 2 aromatic heterocycles. The second-order valence-electron chi connectivity index (χ2n) is 6.83. The van der Waals surface area contributed by atoms with Crippen molar-refractivity contribution < 1.29 is 23.1 Å². The third-order valence-electron chi connectivity index (χ3n) is 4.77. The highest BCUT2D eigenvalue weighted by atomic mass is 32.1. The van der Waals surface area contributed by atoms with Crippen LogP contribution in [0.4, 0.5) is 24.7 Å². The number of aromatic hydroxyl groups is 1. The number of carbonyl (C=O) groups excluding carboxylic acids is 1. The molecule has 0 aliphatic carbocycles. The van der Waals surface area contributed by atoms with Crippen LogP contribution in [0.15, 0.2) is 41.9 Å². The minimum Gasteiger partial charge on any atom is -0.506 e. The van der Waals surface area contributed by atoms with Crippen LogP contribution in [0, 0.1) is 6.92 Å². The van der Waals surface area contributed by atoms with Crippen molar-refractivity contribution in [1.29, 1.82) is 0 Å². The zero-order chi connectivity index (χ0) is 20.8. The average molecular weight is 422 g/mol. The highest BCUT2D eigenvalue weighted by Gasteiger charge is 2.47. The second kappa shape index (κ2) is 7.11. The van der Waals surface area contributed by atoms with E-state index in [2.05, 4.69) is 15.7 Å². The number of fused-ring (bicyclic) bond motifs is 1. The number of hydrogen-bond acceptors (Lipinski definition) is 5. The van der Waals surface area contributed by atoms with Crippen LogP contribution in [0.3, 0.4) is 0 Å². The summed E-state index contributed by atoms with van der Waals surface area (Å²) in [5.74, 6) is -0.795. The number of nitrogens with zero attached hydrogens (tertiary/aromatic N) is 2. The maximum Gasteiger partial charge on any atom is 0.410 e. The Morgan fingerprint density at radius 3 is 2.86 bits per heavy atom. The van der Waals surface area contributed by atoms with E-state index in [4.69, 9.17) is 0 Å². The lowest BCUT2D eigenvalue weighted by molar-refractivity contribution is -0.173. The molecule has 0 saturated carbocycles. The molecule has 0 saturated heterocycles. The summed E-state index contributed by atoms with van der Waals surface area (Å²) in [6, 6.07) is 5.77. The number of carbonyl (C=O) groups is 1. The van der Waals surface area contributed by atoms with Crippen molar-refractivity contribution in [1.82, 2.24) is 9.78 Å². The molecule has 3 heterocycles. The molecule has 0 fully saturated rings. The van der Waals surface area contributed by atoms with Gasteiger partial charge in [0.15, 0.2) is 6.04 Å². The molecule has 0 bridgehead atoms. The molecule has 10 heteroatoms. The number of aromatic nitrogens is 2. The van der Waals surface area contributed by atoms with Crippen molar-refractivity contribution in [3.05, 3.63) is 57.9 Å². The standard InChI is InChI=1S/C19H17F3N4O2S/c1-10-4-5-14(27)12(7-10)25-18(28)11-9-23-26-16(19(20,21)22)8-13(24-17(11)26)15-3-2-6-29-15/h2-7,9,13,16,24,27H,8H2,1H3,(H,25,28)/t13-,16-/m0/s1. The first-order valence-corrected chi connectivity index (χ1v) is 9.67. The number of aryl methyl sites for hydroxylation is 1. The molecular formula is C19H17F3N4O2S. The predicted octanol–water partition coefficient (Wildman–Crippen LogP) is 4.87. The van der Waals surface area contributed by atoms with E-state index in [1.54, 1.807) is 36.6 Å². The summed E-state index contributed by atoms with van der Waals surface area (Å²) in [6.07, 6.45) is -3.63. The van der Waals surface area contributed by atoms with Gasteiger partial charge in [-0.25, -0.2) is 4.68 Å². The SMILES string of the molecule is Cc1ccc(O)c(NC(=O)c2cnn3c2N[C@H](c2cccs2)C[C@H]3C(F)(F)F)c1. The van der Waals surface area contributed by atoms with Crippen LogP contribution in [0.2, 0.25) is 0 Å². The van der Waals surface area contributed by atoms with E-state index in [9.17, 15) is 23.1 Å². The van der Waals surface area contributed by atoms with Gasteiger partial charge in [0.2, 0.25) is 0 Å². The molecule has 152 valence electrons. The summed E-state index contributed by atoms with van der Waals surface area (Å²) >= 11 is 1.35. The number of rotatable bonds is 3. The molecule has 1 aromatic carbocycles. The van der Waals surface area contributed by atoms with E-state index in [0.717, 1.165) is 21.3 Å². The average Bonchev–Trinajstić information content (AvgIpc) is 3.32. The number of anilines is 2. The molecule has 0 radical (unpaired) electrons. The number of benzene rings is 1. The third kappa shape index (κ3) is 3.67. The van der Waals surface area contributed by atoms with Crippen molar-refractivity contribution >= 4 is 28.7 Å². The summed E-state index contributed by atoms with van der Waals surface area (Å²) < 4.78 is 41.8. The number of hydrogen-bond donors (Lipinski definition) is 3. The Hall–Kier alpha value is -3.01. The molecule has 2 atom stereocenters. The maximum absolute atomic E-state index is 13.7. The van der Waals surface area contributed by atoms with E-state index in [0.29, 0.717) is 0 Å². The molecule has 3 N–H and O–H groups in total. The molecule has 0 spiro atoms. The Morgan fingerprint density at radius 1 is 1.38 bits per heavy atom. The lowest BCUT2D eigenvalue weighted by atomic mass is 10.0. The van der Waals surface area contributed by atoms with Crippen LogP contribution >= 0.6 is 11.3 Å². The monoisotopic (exact) mass is 422 g/mol. The van der Waals surface area contributed by atoms with Gasteiger partial charge in [0.1, 0.15) is 17.1 Å². The van der Waals surface area contributed by atoms with Gasteiger partial charge in [-0.15, -0.1) is 11.3 Å². The van der Waals surface area contributed by atoms with Gasteiger partial charge in [0.25, 0.3) is 5.91 Å². The highest BCUT2D eigenvalue weighted by Crippen LogP contribution is 2.45. The van der Waals surface area contributed by atoms with Crippen LogP contribution in [-0.4, -0.2) is 27.0 Å². The van der Waals surface area contributed by atoms with Crippen LogP contribution in [0.25, 0.3) is 0 Å². The molecule has 1 amide bonds. The molecule has 29 heavy (non-hydrogen) atoms. The first-order chi connectivity index (χ1) is 13.7. The van der Waals surface area contributed by atoms with Gasteiger partial charge in [0, 0.05) is 11.3 Å². The topological polar surface area (TPSA) is 79.2 Å². The van der Waals surface area contributed by atoms with Crippen molar-refractivity contribution in [3.8, 4) is 5.75 Å². The van der Waals surface area contributed by atoms with Crippen molar-refractivity contribution in [2.45, 2.75) is 31.6 Å². The predicted molar refractivity (Wildman–Crippen MR) is 103 cm³/mol. The molecule has 4 rings (SSSR count). The lowest BCUT2D eigenvalue weighted by Crippen LogP contribution is -2.36. The Labute approximate surface area is 168 Å². The number of phenolic OH excluding ortho intramolecular Hbond substituents is 1. The van der Waals surface area contributed by atoms with E-state index in [1.165, 1.54) is 17.4 Å². The number of thiophene rings is 1. The van der Waals surface area contributed by atoms with Crippen LogP contribution in [0.1, 0.15) is 39.3 Å². The fourth-order valence-electron chi connectivity index (χ4n) is 3.34. The van der Waals surface area contributed by atoms with Gasteiger partial charge in [-0.3, -0.25) is 4.79 Å². The number of alkyl halides is 3. The van der Waals surface area contributed by atoms with Crippen molar-refractivity contribution in [3.63, 3.8) is 0 Å². The van der Waals surface area contributed by atoms with Gasteiger partial charge in [-0.1, -0.05) is 12.1 Å². The minimum atomic E-state index is -4.51. The second-order valence-corrected chi connectivity index (χ2v) is 7.81. The Morgan fingerprint density at radius 2 is 2.17 bits per heavy atom. The largest absolute Gasteiger partial charge is 0.506 e. The molecule has 1 aliphatic heterocycles. The van der Waals surface area contributed by atoms with E-state index in [1.807, 2.05) is 0 Å². The van der Waals surface area contributed by atoms with Crippen LogP contribution < -0.4 is 10.6 Å². The fraction of sp³-hybridized carbons (Fsp3) is 0.263. The quantitative estimate of drug-likeness (QED) is 0.526. The smallest absolute Gasteiger partial charge is 0.410 e. The van der Waals surface area contributed by atoms with E-state index in [-0.39, 0.29) is 29.2 Å². The summed E-state index contributed by atoms with van der Waals surface area (Å²) in [7, 11) is 0. The number of amides is 1. The van der Waals surface area contributed by atoms with Crippen LogP contribution in [0.5, 0.6) is 5.75 Å². The Kier molecular flexibility index (Phi) is 4.73. The molecular weight excluding hydrogens is 405 g/mol. The fourth-order valence-corrected chi connectivity index (χ4v) is 4.14. The molecule has 1 aliphatic rings. The van der Waals surface area contributed by atoms with Gasteiger partial charge in [-0.05, 0) is 36.1 Å². The Balaban J connectivity index is 1.70. The van der Waals surface area contributed by atoms with Gasteiger partial charge in [-0.2, -0.15) is 18.3 Å². The molecule has 3 aromatic rings. The number of phenols is 1. The Bertz CT molecular complexity index is 1050. The summed E-state index contributed by atoms with van der Waals surface area (Å²) in [6.45, 7) is 1.79. The minimum absolute atomic E-state index is 0.00150. The van der Waals surface area contributed by atoms with E-state index >= 15 is 0 Å². The zero-order valence-corrected chi connectivity index (χ0v) is 16.0. The number of halogens is 3. The third-order valence-corrected chi connectivity index (χ3v) is 5.76. The van der Waals surface area contributed by atoms with Gasteiger partial charge < -0.3 is 15.7 Å². The van der Waals surface area contributed by atoms with Crippen molar-refractivity contribution in [2.24, 2.45) is 0 Å².